The second-order valence-electron chi connectivity index (χ2n) is 3.87. The van der Waals surface area contributed by atoms with E-state index in [-0.39, 0.29) is 18.3 Å². The maximum absolute atomic E-state index is 11.3. The molecule has 0 unspecified atom stereocenters. The summed E-state index contributed by atoms with van der Waals surface area (Å²) < 4.78 is 4.87. The molecule has 1 rings (SSSR count). The Kier molecular flexibility index (Phi) is 4.31. The second kappa shape index (κ2) is 5.51. The first kappa shape index (κ1) is 12.5. The Balaban J connectivity index is 2.53. The average Bonchev–Trinajstić information content (AvgIpc) is 2.20. The Bertz CT molecular complexity index is 343. The van der Waals surface area contributed by atoms with Crippen molar-refractivity contribution in [2.75, 3.05) is 0 Å². The van der Waals surface area contributed by atoms with E-state index in [1.807, 2.05) is 0 Å². The lowest BCUT2D eigenvalue weighted by Crippen LogP contribution is -2.27. The molecular weight excluding hydrogens is 208 g/mol. The first-order chi connectivity index (χ1) is 7.49. The van der Waals surface area contributed by atoms with Crippen LogP contribution in [0, 0.1) is 0 Å². The van der Waals surface area contributed by atoms with Crippen molar-refractivity contribution in [2.45, 2.75) is 32.5 Å². The maximum Gasteiger partial charge on any atom is 0.335 e. The molecule has 16 heavy (non-hydrogen) atoms. The highest BCUT2D eigenvalue weighted by molar-refractivity contribution is 5.74. The van der Waals surface area contributed by atoms with Crippen LogP contribution < -0.4 is 0 Å². The molecule has 0 aliphatic carbocycles. The van der Waals surface area contributed by atoms with E-state index in [4.69, 9.17) is 9.84 Å². The van der Waals surface area contributed by atoms with E-state index in [0.29, 0.717) is 0 Å². The Morgan fingerprint density at radius 2 is 1.88 bits per heavy atom. The number of carbonyl (C=O) groups excluding carboxylic acids is 1. The van der Waals surface area contributed by atoms with Crippen LogP contribution in [-0.4, -0.2) is 28.4 Å². The van der Waals surface area contributed by atoms with Crippen LogP contribution in [-0.2, 0) is 16.0 Å². The summed E-state index contributed by atoms with van der Waals surface area (Å²) >= 11 is 0. The highest BCUT2D eigenvalue weighted by atomic mass is 16.6. The van der Waals surface area contributed by atoms with Gasteiger partial charge < -0.3 is 14.9 Å². The SMILES string of the molecule is CC(C)OC(=O)[C@H](O)Cc1ccc(O)cc1. The van der Waals surface area contributed by atoms with E-state index in [1.165, 1.54) is 12.1 Å². The lowest BCUT2D eigenvalue weighted by molar-refractivity contribution is -0.157. The fraction of sp³-hybridized carbons (Fsp3) is 0.417. The molecule has 4 nitrogen and oxygen atoms in total. The number of hydrogen-bond donors (Lipinski definition) is 2. The van der Waals surface area contributed by atoms with Crippen LogP contribution in [0.25, 0.3) is 0 Å². The molecule has 0 saturated heterocycles. The van der Waals surface area contributed by atoms with Crippen molar-refractivity contribution in [1.29, 1.82) is 0 Å². The number of carbonyl (C=O) groups is 1. The van der Waals surface area contributed by atoms with E-state index in [2.05, 4.69) is 0 Å². The highest BCUT2D eigenvalue weighted by Gasteiger charge is 2.18. The number of hydrogen-bond acceptors (Lipinski definition) is 4. The summed E-state index contributed by atoms with van der Waals surface area (Å²) in [5.41, 5.74) is 0.769. The third-order valence-corrected chi connectivity index (χ3v) is 1.99. The number of phenolic OH excluding ortho intramolecular Hbond substituents is 1. The molecule has 0 aromatic heterocycles. The molecule has 4 heteroatoms. The molecule has 0 bridgehead atoms. The number of phenols is 1. The van der Waals surface area contributed by atoms with Gasteiger partial charge in [0.2, 0.25) is 0 Å². The number of aliphatic hydroxyl groups excluding tert-OH is 1. The van der Waals surface area contributed by atoms with Gasteiger partial charge in [-0.05, 0) is 31.5 Å². The Labute approximate surface area is 94.5 Å². The summed E-state index contributed by atoms with van der Waals surface area (Å²) in [7, 11) is 0. The third-order valence-electron chi connectivity index (χ3n) is 1.99. The molecule has 2 N–H and O–H groups in total. The van der Waals surface area contributed by atoms with E-state index >= 15 is 0 Å². The van der Waals surface area contributed by atoms with Gasteiger partial charge in [0.05, 0.1) is 6.10 Å². The van der Waals surface area contributed by atoms with Crippen molar-refractivity contribution in [3.05, 3.63) is 29.8 Å². The van der Waals surface area contributed by atoms with E-state index < -0.39 is 12.1 Å². The number of esters is 1. The van der Waals surface area contributed by atoms with Gasteiger partial charge in [-0.3, -0.25) is 0 Å². The molecule has 0 radical (unpaired) electrons. The fourth-order valence-electron chi connectivity index (χ4n) is 1.25. The van der Waals surface area contributed by atoms with Crippen molar-refractivity contribution in [1.82, 2.24) is 0 Å². The topological polar surface area (TPSA) is 66.8 Å². The standard InChI is InChI=1S/C12H16O4/c1-8(2)16-12(15)11(14)7-9-3-5-10(13)6-4-9/h3-6,8,11,13-14H,7H2,1-2H3/t11-/m1/s1. The summed E-state index contributed by atoms with van der Waals surface area (Å²) in [6, 6.07) is 6.33. The van der Waals surface area contributed by atoms with Crippen LogP contribution in [0.2, 0.25) is 0 Å². The van der Waals surface area contributed by atoms with Crippen LogP contribution in [0.3, 0.4) is 0 Å². The summed E-state index contributed by atoms with van der Waals surface area (Å²) in [5, 5.41) is 18.6. The smallest absolute Gasteiger partial charge is 0.335 e. The minimum atomic E-state index is -1.16. The van der Waals surface area contributed by atoms with Gasteiger partial charge in [-0.15, -0.1) is 0 Å². The van der Waals surface area contributed by atoms with Gasteiger partial charge in [-0.25, -0.2) is 4.79 Å². The number of aromatic hydroxyl groups is 1. The Morgan fingerprint density at radius 3 is 2.38 bits per heavy atom. The van der Waals surface area contributed by atoms with Crippen molar-refractivity contribution in [3.63, 3.8) is 0 Å². The molecule has 0 saturated carbocycles. The summed E-state index contributed by atoms with van der Waals surface area (Å²) in [6.07, 6.45) is -1.21. The number of rotatable bonds is 4. The summed E-state index contributed by atoms with van der Waals surface area (Å²) in [6.45, 7) is 3.45. The predicted octanol–water partition coefficient (Wildman–Crippen LogP) is 1.25. The zero-order chi connectivity index (χ0) is 12.1. The molecule has 0 amide bonds. The van der Waals surface area contributed by atoms with Gasteiger partial charge in [0.25, 0.3) is 0 Å². The third kappa shape index (κ3) is 3.90. The maximum atomic E-state index is 11.3. The van der Waals surface area contributed by atoms with Crippen molar-refractivity contribution in [3.8, 4) is 5.75 Å². The molecule has 0 heterocycles. The van der Waals surface area contributed by atoms with Gasteiger partial charge in [0, 0.05) is 6.42 Å². The van der Waals surface area contributed by atoms with Crippen LogP contribution in [0.5, 0.6) is 5.75 Å². The Hall–Kier alpha value is -1.55. The van der Waals surface area contributed by atoms with E-state index in [1.54, 1.807) is 26.0 Å². The first-order valence-corrected chi connectivity index (χ1v) is 5.15. The largest absolute Gasteiger partial charge is 0.508 e. The zero-order valence-corrected chi connectivity index (χ0v) is 9.38. The van der Waals surface area contributed by atoms with Crippen molar-refractivity contribution in [2.24, 2.45) is 0 Å². The van der Waals surface area contributed by atoms with Gasteiger partial charge in [-0.1, -0.05) is 12.1 Å². The van der Waals surface area contributed by atoms with Crippen LogP contribution in [0.1, 0.15) is 19.4 Å². The van der Waals surface area contributed by atoms with Crippen molar-refractivity contribution >= 4 is 5.97 Å². The molecule has 1 atom stereocenters. The molecular formula is C12H16O4. The molecule has 0 aliphatic rings. The number of benzene rings is 1. The molecule has 88 valence electrons. The van der Waals surface area contributed by atoms with Crippen LogP contribution in [0.4, 0.5) is 0 Å². The summed E-state index contributed by atoms with van der Waals surface area (Å²) in [4.78, 5) is 11.3. The zero-order valence-electron chi connectivity index (χ0n) is 9.38. The number of ether oxygens (including phenoxy) is 1. The molecule has 1 aromatic carbocycles. The van der Waals surface area contributed by atoms with Crippen LogP contribution in [0.15, 0.2) is 24.3 Å². The fourth-order valence-corrected chi connectivity index (χ4v) is 1.25. The number of aliphatic hydroxyl groups is 1. The highest BCUT2D eigenvalue weighted by Crippen LogP contribution is 2.11. The van der Waals surface area contributed by atoms with Gasteiger partial charge >= 0.3 is 5.97 Å². The lowest BCUT2D eigenvalue weighted by atomic mass is 10.1. The summed E-state index contributed by atoms with van der Waals surface area (Å²) in [5.74, 6) is -0.467. The minimum Gasteiger partial charge on any atom is -0.508 e. The predicted molar refractivity (Wildman–Crippen MR) is 59.0 cm³/mol. The van der Waals surface area contributed by atoms with Gasteiger partial charge in [0.15, 0.2) is 6.10 Å². The van der Waals surface area contributed by atoms with Crippen LogP contribution >= 0.6 is 0 Å². The van der Waals surface area contributed by atoms with Crippen molar-refractivity contribution < 1.29 is 19.7 Å². The minimum absolute atomic E-state index is 0.156. The molecule has 0 aliphatic heterocycles. The molecule has 0 spiro atoms. The van der Waals surface area contributed by atoms with E-state index in [9.17, 15) is 9.90 Å². The van der Waals surface area contributed by atoms with E-state index in [0.717, 1.165) is 5.56 Å². The van der Waals surface area contributed by atoms with Gasteiger partial charge in [-0.2, -0.15) is 0 Å². The lowest BCUT2D eigenvalue weighted by Gasteiger charge is -2.12. The molecule has 0 fully saturated rings. The monoisotopic (exact) mass is 224 g/mol. The quantitative estimate of drug-likeness (QED) is 0.755. The second-order valence-corrected chi connectivity index (χ2v) is 3.87. The van der Waals surface area contributed by atoms with Gasteiger partial charge in [0.1, 0.15) is 5.75 Å². The molecule has 1 aromatic rings. The Morgan fingerprint density at radius 1 is 1.31 bits per heavy atom. The average molecular weight is 224 g/mol. The first-order valence-electron chi connectivity index (χ1n) is 5.15. The normalized spacial score (nSPS) is 12.5.